The topological polar surface area (TPSA) is 91.3 Å². The molecule has 0 aliphatic carbocycles. The molecule has 0 bridgehead atoms. The van der Waals surface area contributed by atoms with Crippen LogP contribution >= 0.6 is 0 Å². The number of hydrogen-bond acceptors (Lipinski definition) is 4. The van der Waals surface area contributed by atoms with E-state index >= 15 is 0 Å². The van der Waals surface area contributed by atoms with Crippen LogP contribution in [0.4, 0.5) is 17.2 Å². The summed E-state index contributed by atoms with van der Waals surface area (Å²) in [5.41, 5.74) is 2.63. The third kappa shape index (κ3) is 5.43. The number of nitrogens with one attached hydrogen (secondary N) is 2. The van der Waals surface area contributed by atoms with Crippen molar-refractivity contribution in [2.45, 2.75) is 0 Å². The highest BCUT2D eigenvalue weighted by Crippen LogP contribution is 2.24. The smallest absolute Gasteiger partial charge is 0.337 e. The Hall–Kier alpha value is -4.89. The maximum Gasteiger partial charge on any atom is 0.337 e. The molecule has 3 N–H and O–H groups in total. The largest absolute Gasteiger partial charge is 0.478 e. The number of rotatable bonds is 5. The first-order valence-electron chi connectivity index (χ1n) is 10.1. The number of carbonyl (C=O) groups excluding carboxylic acids is 1. The third-order valence-electron chi connectivity index (χ3n) is 4.72. The molecule has 160 valence electrons. The zero-order chi connectivity index (χ0) is 23.0. The Morgan fingerprint density at radius 1 is 0.727 bits per heavy atom. The van der Waals surface area contributed by atoms with Crippen molar-refractivity contribution >= 4 is 29.1 Å². The molecular weight excluding hydrogens is 414 g/mol. The zero-order valence-corrected chi connectivity index (χ0v) is 17.4. The molecule has 1 amide bonds. The van der Waals surface area contributed by atoms with E-state index in [0.29, 0.717) is 22.6 Å². The lowest BCUT2D eigenvalue weighted by Gasteiger charge is -2.13. The second-order valence-corrected chi connectivity index (χ2v) is 7.02. The molecule has 6 heteroatoms. The average Bonchev–Trinajstić information content (AvgIpc) is 2.84. The molecule has 0 atom stereocenters. The summed E-state index contributed by atoms with van der Waals surface area (Å²) in [6.07, 6.45) is 1.64. The Morgan fingerprint density at radius 2 is 1.45 bits per heavy atom. The number of carboxylic acid groups (broad SMARTS) is 1. The lowest BCUT2D eigenvalue weighted by atomic mass is 10.1. The van der Waals surface area contributed by atoms with Crippen molar-refractivity contribution < 1.29 is 14.7 Å². The fourth-order valence-corrected chi connectivity index (χ4v) is 3.13. The average molecular weight is 433 g/mol. The molecule has 3 aromatic carbocycles. The molecule has 0 saturated carbocycles. The molecule has 1 heterocycles. The fourth-order valence-electron chi connectivity index (χ4n) is 3.13. The van der Waals surface area contributed by atoms with Crippen LogP contribution in [0.1, 0.15) is 31.8 Å². The highest BCUT2D eigenvalue weighted by molar-refractivity contribution is 6.10. The lowest BCUT2D eigenvalue weighted by molar-refractivity contribution is 0.0698. The van der Waals surface area contributed by atoms with Crippen molar-refractivity contribution in [3.63, 3.8) is 0 Å². The van der Waals surface area contributed by atoms with Crippen LogP contribution in [0.2, 0.25) is 0 Å². The van der Waals surface area contributed by atoms with Gasteiger partial charge < -0.3 is 15.7 Å². The maximum atomic E-state index is 13.1. The van der Waals surface area contributed by atoms with E-state index < -0.39 is 11.9 Å². The SMILES string of the molecule is O=C(O)c1ccccc1NC(=O)c1ccc(C#Cc2ccccc2)cc1Nc1ccccn1. The highest BCUT2D eigenvalue weighted by Gasteiger charge is 2.16. The predicted molar refractivity (Wildman–Crippen MR) is 128 cm³/mol. The molecule has 4 aromatic rings. The first-order valence-corrected chi connectivity index (χ1v) is 10.1. The summed E-state index contributed by atoms with van der Waals surface area (Å²) in [5, 5.41) is 15.3. The Balaban J connectivity index is 1.68. The van der Waals surface area contributed by atoms with Gasteiger partial charge in [-0.3, -0.25) is 4.79 Å². The lowest BCUT2D eigenvalue weighted by Crippen LogP contribution is -2.16. The van der Waals surface area contributed by atoms with Gasteiger partial charge in [-0.25, -0.2) is 9.78 Å². The van der Waals surface area contributed by atoms with Gasteiger partial charge in [-0.05, 0) is 54.6 Å². The van der Waals surface area contributed by atoms with Gasteiger partial charge in [0.05, 0.1) is 22.5 Å². The van der Waals surface area contributed by atoms with Crippen molar-refractivity contribution in [1.29, 1.82) is 0 Å². The first kappa shape index (κ1) is 21.3. The van der Waals surface area contributed by atoms with Crippen molar-refractivity contribution in [3.8, 4) is 11.8 Å². The van der Waals surface area contributed by atoms with Crippen LogP contribution in [0.5, 0.6) is 0 Å². The molecule has 0 radical (unpaired) electrons. The predicted octanol–water partition coefficient (Wildman–Crippen LogP) is 5.18. The minimum atomic E-state index is -1.12. The fraction of sp³-hybridized carbons (Fsp3) is 0. The van der Waals surface area contributed by atoms with Crippen LogP contribution in [0.25, 0.3) is 0 Å². The minimum Gasteiger partial charge on any atom is -0.478 e. The summed E-state index contributed by atoms with van der Waals surface area (Å²) < 4.78 is 0. The third-order valence-corrected chi connectivity index (χ3v) is 4.72. The van der Waals surface area contributed by atoms with E-state index in [1.807, 2.05) is 36.4 Å². The van der Waals surface area contributed by atoms with Crippen molar-refractivity contribution in [2.75, 3.05) is 10.6 Å². The molecule has 0 aliphatic heterocycles. The Labute approximate surface area is 190 Å². The molecule has 6 nitrogen and oxygen atoms in total. The summed E-state index contributed by atoms with van der Waals surface area (Å²) >= 11 is 0. The van der Waals surface area contributed by atoms with E-state index in [2.05, 4.69) is 27.5 Å². The quantitative estimate of drug-likeness (QED) is 0.378. The number of anilines is 3. The summed E-state index contributed by atoms with van der Waals surface area (Å²) in [7, 11) is 0. The van der Waals surface area contributed by atoms with Gasteiger partial charge in [0.25, 0.3) is 5.91 Å². The molecule has 0 fully saturated rings. The standard InChI is InChI=1S/C27H19N3O3/c31-26(30-23-11-5-4-10-22(23)27(32)33)21-16-15-20(14-13-19-8-2-1-3-9-19)18-24(21)29-25-12-6-7-17-28-25/h1-12,15-18H,(H,28,29)(H,30,31)(H,32,33). The van der Waals surface area contributed by atoms with Gasteiger partial charge in [-0.1, -0.05) is 48.2 Å². The summed E-state index contributed by atoms with van der Waals surface area (Å²) in [5.74, 6) is 5.19. The summed E-state index contributed by atoms with van der Waals surface area (Å²) in [6, 6.07) is 26.4. The number of carboxylic acids is 1. The highest BCUT2D eigenvalue weighted by atomic mass is 16.4. The Kier molecular flexibility index (Phi) is 6.43. The first-order chi connectivity index (χ1) is 16.1. The van der Waals surface area contributed by atoms with Crippen LogP contribution in [0, 0.1) is 11.8 Å². The summed E-state index contributed by atoms with van der Waals surface area (Å²) in [4.78, 5) is 28.8. The molecule has 0 aliphatic rings. The Bertz CT molecular complexity index is 1360. The number of aromatic carboxylic acids is 1. The Morgan fingerprint density at radius 3 is 2.21 bits per heavy atom. The second kappa shape index (κ2) is 9.94. The van der Waals surface area contributed by atoms with Gasteiger partial charge in [0.1, 0.15) is 5.82 Å². The molecule has 33 heavy (non-hydrogen) atoms. The number of aromatic nitrogens is 1. The van der Waals surface area contributed by atoms with Crippen LogP contribution in [0.3, 0.4) is 0 Å². The zero-order valence-electron chi connectivity index (χ0n) is 17.4. The number of pyridine rings is 1. The number of para-hydroxylation sites is 1. The van der Waals surface area contributed by atoms with Crippen molar-refractivity contribution in [3.05, 3.63) is 119 Å². The van der Waals surface area contributed by atoms with E-state index in [9.17, 15) is 14.7 Å². The number of nitrogens with zero attached hydrogens (tertiary/aromatic N) is 1. The number of carbonyl (C=O) groups is 2. The van der Waals surface area contributed by atoms with E-state index in [1.165, 1.54) is 6.07 Å². The molecule has 1 aromatic heterocycles. The van der Waals surface area contributed by atoms with Crippen LogP contribution in [0.15, 0.2) is 97.2 Å². The van der Waals surface area contributed by atoms with E-state index in [1.54, 1.807) is 54.7 Å². The summed E-state index contributed by atoms with van der Waals surface area (Å²) in [6.45, 7) is 0. The van der Waals surface area contributed by atoms with Crippen molar-refractivity contribution in [1.82, 2.24) is 4.98 Å². The minimum absolute atomic E-state index is 0.00966. The van der Waals surface area contributed by atoms with Crippen LogP contribution in [-0.4, -0.2) is 22.0 Å². The van der Waals surface area contributed by atoms with Gasteiger partial charge >= 0.3 is 5.97 Å². The van der Waals surface area contributed by atoms with Crippen LogP contribution < -0.4 is 10.6 Å². The van der Waals surface area contributed by atoms with Gasteiger partial charge in [0, 0.05) is 17.3 Å². The molecule has 0 saturated heterocycles. The number of hydrogen-bond donors (Lipinski definition) is 3. The van der Waals surface area contributed by atoms with Gasteiger partial charge in [0.15, 0.2) is 0 Å². The maximum absolute atomic E-state index is 13.1. The van der Waals surface area contributed by atoms with Gasteiger partial charge in [-0.2, -0.15) is 0 Å². The second-order valence-electron chi connectivity index (χ2n) is 7.02. The number of amides is 1. The van der Waals surface area contributed by atoms with Crippen molar-refractivity contribution in [2.24, 2.45) is 0 Å². The molecule has 4 rings (SSSR count). The van der Waals surface area contributed by atoms with E-state index in [0.717, 1.165) is 5.56 Å². The van der Waals surface area contributed by atoms with Gasteiger partial charge in [-0.15, -0.1) is 0 Å². The normalized spacial score (nSPS) is 9.94. The monoisotopic (exact) mass is 433 g/mol. The van der Waals surface area contributed by atoms with E-state index in [-0.39, 0.29) is 11.3 Å². The molecular formula is C27H19N3O3. The van der Waals surface area contributed by atoms with Gasteiger partial charge in [0.2, 0.25) is 0 Å². The molecule has 0 spiro atoms. The van der Waals surface area contributed by atoms with E-state index in [4.69, 9.17) is 0 Å². The number of benzene rings is 3. The molecule has 0 unspecified atom stereocenters. The van der Waals surface area contributed by atoms with Crippen LogP contribution in [-0.2, 0) is 0 Å².